The minimum atomic E-state index is -3.88. The van der Waals surface area contributed by atoms with Gasteiger partial charge in [0.1, 0.15) is 10.0 Å². The second-order valence-electron chi connectivity index (χ2n) is 3.83. The number of nitrogens with one attached hydrogen (secondary N) is 1. The number of carboxylic acids is 1. The maximum absolute atomic E-state index is 12.0. The Morgan fingerprint density at radius 2 is 2.11 bits per heavy atom. The highest BCUT2D eigenvalue weighted by Gasteiger charge is 2.26. The summed E-state index contributed by atoms with van der Waals surface area (Å²) in [6, 6.07) is 1.98. The monoisotopic (exact) mass is 292 g/mol. The Labute approximate surface area is 110 Å². The Bertz CT molecular complexity index is 547. The average molecular weight is 293 g/mol. The molecular formula is C10H13ClN2O4S. The third-order valence-corrected chi connectivity index (χ3v) is 4.50. The van der Waals surface area contributed by atoms with Crippen LogP contribution in [0.5, 0.6) is 0 Å². The molecule has 0 aromatic carbocycles. The van der Waals surface area contributed by atoms with Crippen LogP contribution in [0, 0.1) is 5.92 Å². The number of sulfonamides is 1. The van der Waals surface area contributed by atoms with Crippen molar-refractivity contribution in [1.29, 1.82) is 0 Å². The smallest absolute Gasteiger partial charge is 0.307 e. The predicted molar refractivity (Wildman–Crippen MR) is 65.8 cm³/mol. The summed E-state index contributed by atoms with van der Waals surface area (Å²) in [5.41, 5.74) is 0. The Morgan fingerprint density at radius 1 is 1.50 bits per heavy atom. The van der Waals surface area contributed by atoms with Crippen LogP contribution in [-0.4, -0.2) is 30.5 Å². The maximum Gasteiger partial charge on any atom is 0.307 e. The summed E-state index contributed by atoms with van der Waals surface area (Å²) >= 11 is 5.69. The van der Waals surface area contributed by atoms with E-state index in [0.717, 1.165) is 0 Å². The highest BCUT2D eigenvalue weighted by Crippen LogP contribution is 2.18. The van der Waals surface area contributed by atoms with E-state index in [9.17, 15) is 13.2 Å². The molecule has 0 saturated heterocycles. The van der Waals surface area contributed by atoms with E-state index in [-0.39, 0.29) is 10.0 Å². The van der Waals surface area contributed by atoms with Crippen LogP contribution in [0.25, 0.3) is 0 Å². The Morgan fingerprint density at radius 3 is 2.61 bits per heavy atom. The zero-order valence-electron chi connectivity index (χ0n) is 9.79. The van der Waals surface area contributed by atoms with Crippen molar-refractivity contribution in [3.63, 3.8) is 0 Å². The van der Waals surface area contributed by atoms with E-state index >= 15 is 0 Å². The first kappa shape index (κ1) is 14.9. The van der Waals surface area contributed by atoms with Gasteiger partial charge in [-0.25, -0.2) is 18.1 Å². The second kappa shape index (κ2) is 5.64. The number of carbonyl (C=O) groups is 1. The molecule has 0 saturated carbocycles. The fraction of sp³-hybridized carbons (Fsp3) is 0.400. The van der Waals surface area contributed by atoms with E-state index in [2.05, 4.69) is 9.71 Å². The number of halogens is 1. The van der Waals surface area contributed by atoms with E-state index < -0.39 is 28.0 Å². The van der Waals surface area contributed by atoms with Gasteiger partial charge in [0.15, 0.2) is 0 Å². The topological polar surface area (TPSA) is 96.4 Å². The lowest BCUT2D eigenvalue weighted by molar-refractivity contribution is -0.141. The molecule has 0 amide bonds. The van der Waals surface area contributed by atoms with Crippen LogP contribution in [0.2, 0.25) is 5.15 Å². The molecule has 0 fully saturated rings. The average Bonchev–Trinajstić information content (AvgIpc) is 2.27. The van der Waals surface area contributed by atoms with Crippen LogP contribution < -0.4 is 4.72 Å². The van der Waals surface area contributed by atoms with Crippen molar-refractivity contribution in [3.8, 4) is 0 Å². The first-order valence-electron chi connectivity index (χ1n) is 5.11. The number of rotatable bonds is 5. The van der Waals surface area contributed by atoms with E-state index in [1.807, 2.05) is 0 Å². The second-order valence-corrected chi connectivity index (χ2v) is 5.87. The van der Waals surface area contributed by atoms with Gasteiger partial charge in [-0.1, -0.05) is 18.5 Å². The van der Waals surface area contributed by atoms with Crippen LogP contribution in [0.3, 0.4) is 0 Å². The number of aromatic nitrogens is 1. The molecule has 0 radical (unpaired) electrons. The van der Waals surface area contributed by atoms with Gasteiger partial charge in [0.05, 0.1) is 5.92 Å². The van der Waals surface area contributed by atoms with E-state index in [1.165, 1.54) is 32.2 Å². The third-order valence-electron chi connectivity index (χ3n) is 2.49. The van der Waals surface area contributed by atoms with Crippen LogP contribution in [-0.2, 0) is 14.8 Å². The molecule has 8 heteroatoms. The zero-order chi connectivity index (χ0) is 13.9. The Balaban J connectivity index is 2.97. The summed E-state index contributed by atoms with van der Waals surface area (Å²) in [6.45, 7) is 2.89. The quantitative estimate of drug-likeness (QED) is 0.793. The van der Waals surface area contributed by atoms with Gasteiger partial charge in [0.2, 0.25) is 10.0 Å². The molecule has 2 N–H and O–H groups in total. The molecule has 0 aliphatic rings. The van der Waals surface area contributed by atoms with Gasteiger partial charge in [0.25, 0.3) is 0 Å². The fourth-order valence-electron chi connectivity index (χ4n) is 1.20. The summed E-state index contributed by atoms with van der Waals surface area (Å²) in [5, 5.41) is 8.65. The molecule has 1 aromatic rings. The number of hydrogen-bond acceptors (Lipinski definition) is 4. The molecule has 1 heterocycles. The number of nitrogens with zero attached hydrogens (tertiary/aromatic N) is 1. The SMILES string of the molecule is CC(NS(=O)(=O)c1cccnc1Cl)C(C)C(=O)O. The lowest BCUT2D eigenvalue weighted by atomic mass is 10.1. The fourth-order valence-corrected chi connectivity index (χ4v) is 2.97. The minimum absolute atomic E-state index is 0.153. The van der Waals surface area contributed by atoms with Crippen molar-refractivity contribution in [2.75, 3.05) is 0 Å². The highest BCUT2D eigenvalue weighted by molar-refractivity contribution is 7.89. The summed E-state index contributed by atoms with van der Waals surface area (Å²) in [5.74, 6) is -1.93. The number of pyridine rings is 1. The minimum Gasteiger partial charge on any atom is -0.481 e. The maximum atomic E-state index is 12.0. The predicted octanol–water partition coefficient (Wildman–Crippen LogP) is 1.12. The molecule has 1 rings (SSSR count). The lowest BCUT2D eigenvalue weighted by Gasteiger charge is -2.17. The standard InChI is InChI=1S/C10H13ClN2O4S/c1-6(10(14)15)7(2)13-18(16,17)8-4-3-5-12-9(8)11/h3-7,13H,1-2H3,(H,14,15). The molecule has 2 atom stereocenters. The first-order valence-corrected chi connectivity index (χ1v) is 6.97. The highest BCUT2D eigenvalue weighted by atomic mass is 35.5. The van der Waals surface area contributed by atoms with Gasteiger partial charge >= 0.3 is 5.97 Å². The molecule has 100 valence electrons. The normalized spacial score (nSPS) is 15.1. The number of hydrogen-bond donors (Lipinski definition) is 2. The number of aliphatic carboxylic acids is 1. The van der Waals surface area contributed by atoms with Gasteiger partial charge in [-0.05, 0) is 19.1 Å². The molecule has 0 spiro atoms. The third kappa shape index (κ3) is 3.41. The van der Waals surface area contributed by atoms with Crippen LogP contribution in [0.4, 0.5) is 0 Å². The van der Waals surface area contributed by atoms with Crippen molar-refractivity contribution in [1.82, 2.24) is 9.71 Å². The lowest BCUT2D eigenvalue weighted by Crippen LogP contribution is -2.40. The molecule has 2 unspecified atom stereocenters. The summed E-state index contributed by atoms with van der Waals surface area (Å²) in [6.07, 6.45) is 1.37. The van der Waals surface area contributed by atoms with Crippen molar-refractivity contribution in [2.24, 2.45) is 5.92 Å². The molecule has 0 aliphatic carbocycles. The Hall–Kier alpha value is -1.18. The molecule has 0 bridgehead atoms. The molecule has 18 heavy (non-hydrogen) atoms. The van der Waals surface area contributed by atoms with Crippen molar-refractivity contribution in [3.05, 3.63) is 23.5 Å². The summed E-state index contributed by atoms with van der Waals surface area (Å²) in [7, 11) is -3.88. The van der Waals surface area contributed by atoms with Gasteiger partial charge in [-0.3, -0.25) is 4.79 Å². The van der Waals surface area contributed by atoms with Crippen LogP contribution >= 0.6 is 11.6 Å². The number of carboxylic acid groups (broad SMARTS) is 1. The van der Waals surface area contributed by atoms with Gasteiger partial charge in [-0.2, -0.15) is 0 Å². The molecular weight excluding hydrogens is 280 g/mol. The largest absolute Gasteiger partial charge is 0.481 e. The first-order chi connectivity index (χ1) is 8.25. The van der Waals surface area contributed by atoms with Gasteiger partial charge in [0, 0.05) is 12.2 Å². The van der Waals surface area contributed by atoms with E-state index in [4.69, 9.17) is 16.7 Å². The van der Waals surface area contributed by atoms with Gasteiger partial charge < -0.3 is 5.11 Å². The van der Waals surface area contributed by atoms with Crippen molar-refractivity contribution < 1.29 is 18.3 Å². The van der Waals surface area contributed by atoms with E-state index in [0.29, 0.717) is 0 Å². The Kier molecular flexibility index (Phi) is 4.66. The van der Waals surface area contributed by atoms with E-state index in [1.54, 1.807) is 0 Å². The summed E-state index contributed by atoms with van der Waals surface area (Å²) in [4.78, 5) is 14.2. The summed E-state index contributed by atoms with van der Waals surface area (Å²) < 4.78 is 26.2. The van der Waals surface area contributed by atoms with Crippen LogP contribution in [0.15, 0.2) is 23.2 Å². The van der Waals surface area contributed by atoms with Crippen LogP contribution in [0.1, 0.15) is 13.8 Å². The molecule has 0 aliphatic heterocycles. The van der Waals surface area contributed by atoms with Crippen molar-refractivity contribution >= 4 is 27.6 Å². The molecule has 6 nitrogen and oxygen atoms in total. The van der Waals surface area contributed by atoms with Crippen molar-refractivity contribution in [2.45, 2.75) is 24.8 Å². The molecule has 1 aromatic heterocycles. The zero-order valence-corrected chi connectivity index (χ0v) is 11.4. The van der Waals surface area contributed by atoms with Gasteiger partial charge in [-0.15, -0.1) is 0 Å².